The number of hydrogen-bond donors (Lipinski definition) is 2. The standard InChI is InChI=1S/C30H30FN7O2/c1-18(27-22-7-10-32-29(22)34-15-24(27)31)40-21-4-5-25-23(13-21)28(36-35-25)20-3-6-26(33-14-20)38-16-30(17-38)8-11-37(12-9-30)19(2)39/h3-7,10,13-15,18H,8-9,11-12,16-17H2,1-2H3,(H,32,34)(H,35,36)/t18-/m1/s1. The minimum absolute atomic E-state index is 0.170. The van der Waals surface area contributed by atoms with E-state index in [1.54, 1.807) is 13.1 Å². The molecule has 2 N–H and O–H groups in total. The predicted molar refractivity (Wildman–Crippen MR) is 151 cm³/mol. The topological polar surface area (TPSA) is 103 Å². The van der Waals surface area contributed by atoms with Crippen LogP contribution in [0.4, 0.5) is 10.2 Å². The molecule has 7 rings (SSSR count). The van der Waals surface area contributed by atoms with Crippen molar-refractivity contribution in [2.75, 3.05) is 31.1 Å². The normalized spacial score (nSPS) is 17.4. The van der Waals surface area contributed by atoms with E-state index in [4.69, 9.17) is 9.72 Å². The molecule has 2 saturated heterocycles. The fourth-order valence-electron chi connectivity index (χ4n) is 6.22. The van der Waals surface area contributed by atoms with E-state index in [9.17, 15) is 9.18 Å². The Bertz CT molecular complexity index is 1710. The highest BCUT2D eigenvalue weighted by molar-refractivity contribution is 5.93. The van der Waals surface area contributed by atoms with E-state index in [2.05, 4.69) is 25.1 Å². The van der Waals surface area contributed by atoms with Crippen LogP contribution in [0.25, 0.3) is 33.2 Å². The van der Waals surface area contributed by atoms with Crippen LogP contribution in [0.5, 0.6) is 5.75 Å². The van der Waals surface area contributed by atoms with Crippen molar-refractivity contribution >= 4 is 33.7 Å². The van der Waals surface area contributed by atoms with Gasteiger partial charge in [0.2, 0.25) is 5.91 Å². The second-order valence-corrected chi connectivity index (χ2v) is 11.1. The van der Waals surface area contributed by atoms with Crippen molar-refractivity contribution in [2.45, 2.75) is 32.8 Å². The average Bonchev–Trinajstić information content (AvgIpc) is 3.59. The first-order chi connectivity index (χ1) is 19.4. The van der Waals surface area contributed by atoms with E-state index in [1.165, 1.54) is 6.20 Å². The van der Waals surface area contributed by atoms with Crippen LogP contribution in [0, 0.1) is 11.2 Å². The zero-order valence-electron chi connectivity index (χ0n) is 22.4. The number of likely N-dealkylation sites (tertiary alicyclic amines) is 1. The van der Waals surface area contributed by atoms with Gasteiger partial charge in [-0.05, 0) is 56.2 Å². The van der Waals surface area contributed by atoms with Crippen LogP contribution in [0.2, 0.25) is 0 Å². The molecular formula is C30H30FN7O2. The molecule has 0 aliphatic carbocycles. The van der Waals surface area contributed by atoms with Gasteiger partial charge in [0.25, 0.3) is 0 Å². The van der Waals surface area contributed by atoms with Crippen molar-refractivity contribution in [3.63, 3.8) is 0 Å². The molecule has 9 nitrogen and oxygen atoms in total. The molecule has 10 heteroatoms. The number of nitrogens with one attached hydrogen (secondary N) is 2. The summed E-state index contributed by atoms with van der Waals surface area (Å²) in [5, 5.41) is 9.26. The van der Waals surface area contributed by atoms with E-state index in [0.29, 0.717) is 27.8 Å². The fraction of sp³-hybridized carbons (Fsp3) is 0.333. The second kappa shape index (κ2) is 9.32. The number of piperidine rings is 1. The first-order valence-electron chi connectivity index (χ1n) is 13.6. The van der Waals surface area contributed by atoms with Gasteiger partial charge in [-0.3, -0.25) is 9.89 Å². The maximum atomic E-state index is 14.7. The van der Waals surface area contributed by atoms with Gasteiger partial charge in [0, 0.05) is 72.8 Å². The Balaban J connectivity index is 1.07. The van der Waals surface area contributed by atoms with Crippen LogP contribution in [-0.4, -0.2) is 62.1 Å². The Hall–Kier alpha value is -4.47. The summed E-state index contributed by atoms with van der Waals surface area (Å²) in [6, 6.07) is 11.6. The van der Waals surface area contributed by atoms with Gasteiger partial charge in [-0.1, -0.05) is 0 Å². The highest BCUT2D eigenvalue weighted by Gasteiger charge is 2.45. The lowest BCUT2D eigenvalue weighted by atomic mass is 9.72. The smallest absolute Gasteiger partial charge is 0.219 e. The van der Waals surface area contributed by atoms with Crippen LogP contribution in [0.3, 0.4) is 0 Å². The molecule has 1 amide bonds. The SMILES string of the molecule is CC(=O)N1CCC2(CC1)CN(c1ccc(-c3n[nH]c4ccc(O[C@H](C)c5c(F)cnc6[nH]ccc56)cc34)cn1)C2. The van der Waals surface area contributed by atoms with E-state index in [0.717, 1.165) is 67.0 Å². The number of carbonyl (C=O) groups excluding carboxylic acids is 1. The maximum absolute atomic E-state index is 14.7. The molecule has 4 aromatic heterocycles. The number of nitrogens with zero attached hydrogens (tertiary/aromatic N) is 5. The third kappa shape index (κ3) is 4.14. The van der Waals surface area contributed by atoms with Gasteiger partial charge in [0.15, 0.2) is 0 Å². The van der Waals surface area contributed by atoms with Crippen LogP contribution in [-0.2, 0) is 4.79 Å². The number of carbonyl (C=O) groups is 1. The fourth-order valence-corrected chi connectivity index (χ4v) is 6.22. The van der Waals surface area contributed by atoms with E-state index in [1.807, 2.05) is 54.4 Å². The molecule has 0 radical (unpaired) electrons. The summed E-state index contributed by atoms with van der Waals surface area (Å²) >= 11 is 0. The van der Waals surface area contributed by atoms with Crippen LogP contribution in [0.1, 0.15) is 38.4 Å². The molecular weight excluding hydrogens is 509 g/mol. The summed E-state index contributed by atoms with van der Waals surface area (Å²) in [5.41, 5.74) is 3.96. The summed E-state index contributed by atoms with van der Waals surface area (Å²) < 4.78 is 20.9. The quantitative estimate of drug-likeness (QED) is 0.317. The van der Waals surface area contributed by atoms with Crippen molar-refractivity contribution in [3.05, 3.63) is 66.4 Å². The Kier molecular flexibility index (Phi) is 5.72. The number of benzene rings is 1. The maximum Gasteiger partial charge on any atom is 0.219 e. The van der Waals surface area contributed by atoms with Crippen LogP contribution in [0.15, 0.2) is 55.0 Å². The lowest BCUT2D eigenvalue weighted by Gasteiger charge is -2.54. The molecule has 0 unspecified atom stereocenters. The third-order valence-electron chi connectivity index (χ3n) is 8.50. The summed E-state index contributed by atoms with van der Waals surface area (Å²) in [4.78, 5) is 27.8. The molecule has 204 valence electrons. The number of halogens is 1. The molecule has 2 aliphatic rings. The van der Waals surface area contributed by atoms with Gasteiger partial charge in [-0.2, -0.15) is 5.10 Å². The minimum Gasteiger partial charge on any atom is -0.486 e. The number of anilines is 1. The summed E-state index contributed by atoms with van der Waals surface area (Å²) in [6.45, 7) is 7.13. The first kappa shape index (κ1) is 24.6. The summed E-state index contributed by atoms with van der Waals surface area (Å²) in [5.74, 6) is 1.35. The molecule has 2 aliphatic heterocycles. The molecule has 1 spiro atoms. The number of aromatic nitrogens is 5. The predicted octanol–water partition coefficient (Wildman–Crippen LogP) is 5.23. The number of pyridine rings is 2. The third-order valence-corrected chi connectivity index (χ3v) is 8.50. The van der Waals surface area contributed by atoms with Crippen LogP contribution >= 0.6 is 0 Å². The average molecular weight is 540 g/mol. The minimum atomic E-state index is -0.524. The second-order valence-electron chi connectivity index (χ2n) is 11.1. The summed E-state index contributed by atoms with van der Waals surface area (Å²) in [6.07, 6.45) is 6.40. The van der Waals surface area contributed by atoms with Gasteiger partial charge in [0.1, 0.15) is 34.8 Å². The van der Waals surface area contributed by atoms with Crippen molar-refractivity contribution in [3.8, 4) is 17.0 Å². The van der Waals surface area contributed by atoms with E-state index in [-0.39, 0.29) is 5.91 Å². The number of rotatable bonds is 5. The van der Waals surface area contributed by atoms with E-state index < -0.39 is 11.9 Å². The van der Waals surface area contributed by atoms with Gasteiger partial charge < -0.3 is 19.5 Å². The Labute approximate surface area is 230 Å². The molecule has 5 aromatic rings. The molecule has 40 heavy (non-hydrogen) atoms. The number of fused-ring (bicyclic) bond motifs is 2. The number of hydrogen-bond acceptors (Lipinski definition) is 6. The van der Waals surface area contributed by atoms with Gasteiger partial charge >= 0.3 is 0 Å². The Morgan fingerprint density at radius 1 is 1.07 bits per heavy atom. The van der Waals surface area contributed by atoms with E-state index >= 15 is 0 Å². The Morgan fingerprint density at radius 2 is 1.90 bits per heavy atom. The molecule has 0 saturated carbocycles. The highest BCUT2D eigenvalue weighted by Crippen LogP contribution is 2.42. The number of amides is 1. The number of aromatic amines is 2. The largest absolute Gasteiger partial charge is 0.486 e. The zero-order chi connectivity index (χ0) is 27.4. The first-order valence-corrected chi connectivity index (χ1v) is 13.6. The van der Waals surface area contributed by atoms with Gasteiger partial charge in [-0.25, -0.2) is 14.4 Å². The van der Waals surface area contributed by atoms with Gasteiger partial charge in [0.05, 0.1) is 11.7 Å². The number of ether oxygens (including phenoxy) is 1. The molecule has 1 atom stereocenters. The molecule has 6 heterocycles. The molecule has 0 bridgehead atoms. The van der Waals surface area contributed by atoms with Crippen molar-refractivity contribution in [1.29, 1.82) is 0 Å². The number of H-pyrrole nitrogens is 2. The molecule has 1 aromatic carbocycles. The monoisotopic (exact) mass is 539 g/mol. The lowest BCUT2D eigenvalue weighted by molar-refractivity contribution is -0.131. The van der Waals surface area contributed by atoms with Gasteiger partial charge in [-0.15, -0.1) is 0 Å². The Morgan fingerprint density at radius 3 is 2.65 bits per heavy atom. The summed E-state index contributed by atoms with van der Waals surface area (Å²) in [7, 11) is 0. The van der Waals surface area contributed by atoms with Crippen molar-refractivity contribution in [2.24, 2.45) is 5.41 Å². The lowest BCUT2D eigenvalue weighted by Crippen LogP contribution is -2.61. The molecule has 2 fully saturated rings. The highest BCUT2D eigenvalue weighted by atomic mass is 19.1. The van der Waals surface area contributed by atoms with Crippen molar-refractivity contribution < 1.29 is 13.9 Å². The zero-order valence-corrected chi connectivity index (χ0v) is 22.4. The van der Waals surface area contributed by atoms with Crippen molar-refractivity contribution in [1.82, 2.24) is 30.0 Å². The van der Waals surface area contributed by atoms with Crippen LogP contribution < -0.4 is 9.64 Å².